The minimum atomic E-state index is -0.988. The lowest BCUT2D eigenvalue weighted by Crippen LogP contribution is -2.27. The molecule has 0 spiro atoms. The number of carbonyl (C=O) groups excluding carboxylic acids is 1. The molecule has 1 fully saturated rings. The molecule has 20 heavy (non-hydrogen) atoms. The first-order chi connectivity index (χ1) is 9.51. The second-order valence-electron chi connectivity index (χ2n) is 4.68. The third-order valence-electron chi connectivity index (χ3n) is 3.66. The van der Waals surface area contributed by atoms with Gasteiger partial charge in [-0.2, -0.15) is 0 Å². The number of aliphatic carboxylic acids is 1. The Labute approximate surface area is 116 Å². The number of carboxylic acid groups (broad SMARTS) is 1. The first kappa shape index (κ1) is 14.2. The summed E-state index contributed by atoms with van der Waals surface area (Å²) in [5.41, 5.74) is 0.646. The summed E-state index contributed by atoms with van der Waals surface area (Å²) >= 11 is 0. The number of para-hydroxylation sites is 1. The van der Waals surface area contributed by atoms with Crippen LogP contribution in [0.4, 0.5) is 0 Å². The van der Waals surface area contributed by atoms with Crippen LogP contribution in [0.25, 0.3) is 0 Å². The van der Waals surface area contributed by atoms with Gasteiger partial charge in [-0.05, 0) is 6.07 Å². The van der Waals surface area contributed by atoms with E-state index in [9.17, 15) is 14.7 Å². The van der Waals surface area contributed by atoms with Crippen LogP contribution < -0.4 is 9.47 Å². The fourth-order valence-electron chi connectivity index (χ4n) is 2.66. The van der Waals surface area contributed by atoms with Gasteiger partial charge in [0.05, 0.1) is 26.2 Å². The van der Waals surface area contributed by atoms with Gasteiger partial charge in [0.2, 0.25) is 5.91 Å². The Morgan fingerprint density at radius 3 is 2.60 bits per heavy atom. The molecule has 1 aromatic rings. The summed E-state index contributed by atoms with van der Waals surface area (Å²) in [5.74, 6) is -0.979. The van der Waals surface area contributed by atoms with Crippen LogP contribution in [0.1, 0.15) is 18.0 Å². The minimum absolute atomic E-state index is 0.00311. The average Bonchev–Trinajstić information content (AvgIpc) is 2.74. The van der Waals surface area contributed by atoms with Crippen LogP contribution in [0.3, 0.4) is 0 Å². The van der Waals surface area contributed by atoms with Gasteiger partial charge in [0, 0.05) is 19.0 Å². The van der Waals surface area contributed by atoms with E-state index in [2.05, 4.69) is 0 Å². The Morgan fingerprint density at radius 1 is 1.35 bits per heavy atom. The van der Waals surface area contributed by atoms with Crippen LogP contribution in [0.5, 0.6) is 11.5 Å². The number of ether oxygens (including phenoxy) is 2. The Morgan fingerprint density at radius 2 is 2.05 bits per heavy atom. The zero-order valence-electron chi connectivity index (χ0n) is 11.6. The van der Waals surface area contributed by atoms with E-state index in [4.69, 9.17) is 9.47 Å². The van der Waals surface area contributed by atoms with Crippen LogP contribution in [0.2, 0.25) is 0 Å². The summed E-state index contributed by atoms with van der Waals surface area (Å²) in [7, 11) is 4.61. The van der Waals surface area contributed by atoms with Gasteiger partial charge in [0.25, 0.3) is 0 Å². The van der Waals surface area contributed by atoms with Crippen molar-refractivity contribution in [1.82, 2.24) is 4.90 Å². The first-order valence-electron chi connectivity index (χ1n) is 6.20. The highest BCUT2D eigenvalue weighted by atomic mass is 16.5. The van der Waals surface area contributed by atoms with Crippen molar-refractivity contribution in [3.05, 3.63) is 23.8 Å². The van der Waals surface area contributed by atoms with E-state index in [1.807, 2.05) is 0 Å². The lowest BCUT2D eigenvalue weighted by atomic mass is 9.93. The molecule has 1 saturated heterocycles. The lowest BCUT2D eigenvalue weighted by Gasteiger charge is -2.25. The second-order valence-corrected chi connectivity index (χ2v) is 4.68. The number of amides is 1. The van der Waals surface area contributed by atoms with Crippen molar-refractivity contribution >= 4 is 11.9 Å². The van der Waals surface area contributed by atoms with Gasteiger partial charge in [0.1, 0.15) is 0 Å². The summed E-state index contributed by atoms with van der Waals surface area (Å²) in [6, 6.07) is 4.70. The second kappa shape index (κ2) is 5.40. The molecule has 0 unspecified atom stereocenters. The van der Waals surface area contributed by atoms with Gasteiger partial charge < -0.3 is 19.5 Å². The van der Waals surface area contributed by atoms with Crippen molar-refractivity contribution in [1.29, 1.82) is 0 Å². The Bertz CT molecular complexity index is 542. The maximum Gasteiger partial charge on any atom is 0.309 e. The van der Waals surface area contributed by atoms with E-state index in [1.165, 1.54) is 19.1 Å². The molecule has 6 heteroatoms. The van der Waals surface area contributed by atoms with E-state index < -0.39 is 17.9 Å². The Balaban J connectivity index is 2.53. The Kier molecular flexibility index (Phi) is 3.83. The van der Waals surface area contributed by atoms with Crippen molar-refractivity contribution in [2.45, 2.75) is 12.5 Å². The predicted molar refractivity (Wildman–Crippen MR) is 70.8 cm³/mol. The van der Waals surface area contributed by atoms with Gasteiger partial charge in [0.15, 0.2) is 11.5 Å². The fourth-order valence-corrected chi connectivity index (χ4v) is 2.66. The number of rotatable bonds is 4. The molecule has 2 atom stereocenters. The van der Waals surface area contributed by atoms with Crippen LogP contribution in [-0.2, 0) is 9.59 Å². The molecule has 1 aromatic carbocycles. The number of nitrogens with zero attached hydrogens (tertiary/aromatic N) is 1. The number of carboxylic acids is 1. The van der Waals surface area contributed by atoms with Gasteiger partial charge in [-0.15, -0.1) is 0 Å². The summed E-state index contributed by atoms with van der Waals surface area (Å²) in [6.07, 6.45) is -0.00311. The maximum atomic E-state index is 11.8. The first-order valence-corrected chi connectivity index (χ1v) is 6.20. The molecule has 0 aromatic heterocycles. The van der Waals surface area contributed by atoms with E-state index >= 15 is 0 Å². The van der Waals surface area contributed by atoms with E-state index in [0.717, 1.165) is 0 Å². The SMILES string of the molecule is COc1cccc([C@@H]2[C@@H](C(=O)O)CC(=O)N2C)c1OC. The van der Waals surface area contributed by atoms with Gasteiger partial charge >= 0.3 is 5.97 Å². The van der Waals surface area contributed by atoms with Crippen LogP contribution in [0, 0.1) is 5.92 Å². The van der Waals surface area contributed by atoms with Crippen LogP contribution in [-0.4, -0.2) is 43.2 Å². The number of likely N-dealkylation sites (tertiary alicyclic amines) is 1. The zero-order chi connectivity index (χ0) is 14.9. The van der Waals surface area contributed by atoms with E-state index in [1.54, 1.807) is 25.2 Å². The standard InChI is InChI=1S/C14H17NO5/c1-15-11(16)7-9(14(17)18)12(15)8-5-4-6-10(19-2)13(8)20-3/h4-6,9,12H,7H2,1-3H3,(H,17,18)/t9-,12+/m0/s1. The maximum absolute atomic E-state index is 11.8. The lowest BCUT2D eigenvalue weighted by molar-refractivity contribution is -0.142. The molecule has 108 valence electrons. The quantitative estimate of drug-likeness (QED) is 0.899. The van der Waals surface area contributed by atoms with Crippen molar-refractivity contribution in [2.24, 2.45) is 5.92 Å². The molecular weight excluding hydrogens is 262 g/mol. The monoisotopic (exact) mass is 279 g/mol. The zero-order valence-corrected chi connectivity index (χ0v) is 11.6. The molecular formula is C14H17NO5. The number of methoxy groups -OCH3 is 2. The number of hydrogen-bond acceptors (Lipinski definition) is 4. The predicted octanol–water partition coefficient (Wildman–Crippen LogP) is 1.31. The summed E-state index contributed by atoms with van der Waals surface area (Å²) < 4.78 is 10.6. The third kappa shape index (κ3) is 2.17. The van der Waals surface area contributed by atoms with Gasteiger partial charge in [-0.1, -0.05) is 12.1 Å². The molecule has 1 N–H and O–H groups in total. The van der Waals surface area contributed by atoms with Crippen molar-refractivity contribution in [2.75, 3.05) is 21.3 Å². The highest BCUT2D eigenvalue weighted by molar-refractivity contribution is 5.87. The van der Waals surface area contributed by atoms with Gasteiger partial charge in [-0.25, -0.2) is 0 Å². The van der Waals surface area contributed by atoms with Gasteiger partial charge in [-0.3, -0.25) is 9.59 Å². The smallest absolute Gasteiger partial charge is 0.309 e. The minimum Gasteiger partial charge on any atom is -0.493 e. The molecule has 0 saturated carbocycles. The molecule has 1 heterocycles. The third-order valence-corrected chi connectivity index (χ3v) is 3.66. The summed E-state index contributed by atoms with van der Waals surface area (Å²) in [6.45, 7) is 0. The van der Waals surface area contributed by atoms with E-state index in [0.29, 0.717) is 17.1 Å². The molecule has 0 bridgehead atoms. The molecule has 1 aliphatic heterocycles. The number of carbonyl (C=O) groups is 2. The summed E-state index contributed by atoms with van der Waals surface area (Å²) in [5, 5.41) is 9.32. The highest BCUT2D eigenvalue weighted by Gasteiger charge is 2.44. The van der Waals surface area contributed by atoms with Crippen molar-refractivity contribution in [3.8, 4) is 11.5 Å². The molecule has 2 rings (SSSR count). The molecule has 1 amide bonds. The van der Waals surface area contributed by atoms with Crippen LogP contribution >= 0.6 is 0 Å². The topological polar surface area (TPSA) is 76.1 Å². The fraction of sp³-hybridized carbons (Fsp3) is 0.429. The van der Waals surface area contributed by atoms with Crippen molar-refractivity contribution < 1.29 is 24.2 Å². The average molecular weight is 279 g/mol. The highest BCUT2D eigenvalue weighted by Crippen LogP contribution is 2.44. The molecule has 6 nitrogen and oxygen atoms in total. The van der Waals surface area contributed by atoms with Crippen LogP contribution in [0.15, 0.2) is 18.2 Å². The Hall–Kier alpha value is -2.24. The molecule has 1 aliphatic rings. The molecule has 0 radical (unpaired) electrons. The number of hydrogen-bond donors (Lipinski definition) is 1. The van der Waals surface area contributed by atoms with E-state index in [-0.39, 0.29) is 12.3 Å². The normalized spacial score (nSPS) is 21.9. The molecule has 0 aliphatic carbocycles. The largest absolute Gasteiger partial charge is 0.493 e. The summed E-state index contributed by atoms with van der Waals surface area (Å²) in [4.78, 5) is 24.7. The number of benzene rings is 1. The van der Waals surface area contributed by atoms with Crippen molar-refractivity contribution in [3.63, 3.8) is 0 Å².